The summed E-state index contributed by atoms with van der Waals surface area (Å²) in [6, 6.07) is 8.44. The third-order valence-corrected chi connectivity index (χ3v) is 5.97. The van der Waals surface area contributed by atoms with Crippen molar-refractivity contribution in [2.24, 2.45) is 0 Å². The second-order valence-electron chi connectivity index (χ2n) is 8.47. The Hall–Kier alpha value is -3.27. The fourth-order valence-corrected chi connectivity index (χ4v) is 4.34. The van der Waals surface area contributed by atoms with E-state index < -0.39 is 29.6 Å². The lowest BCUT2D eigenvalue weighted by molar-refractivity contribution is -0.137. The number of benzene rings is 2. The smallest absolute Gasteiger partial charge is 0.351 e. The maximum atomic E-state index is 13.6. The molecule has 2 aromatic rings. The van der Waals surface area contributed by atoms with Crippen molar-refractivity contribution in [3.63, 3.8) is 0 Å². The molecule has 4 nitrogen and oxygen atoms in total. The summed E-state index contributed by atoms with van der Waals surface area (Å²) in [4.78, 5) is 27.5. The second-order valence-corrected chi connectivity index (χ2v) is 8.47. The van der Waals surface area contributed by atoms with Crippen molar-refractivity contribution >= 4 is 17.5 Å². The molecule has 2 aromatic carbocycles. The summed E-state index contributed by atoms with van der Waals surface area (Å²) in [5, 5.41) is 3.01. The van der Waals surface area contributed by atoms with Crippen LogP contribution in [0.2, 0.25) is 0 Å². The fourth-order valence-electron chi connectivity index (χ4n) is 4.34. The summed E-state index contributed by atoms with van der Waals surface area (Å²) in [7, 11) is 0. The Labute approximate surface area is 192 Å². The van der Waals surface area contributed by atoms with Gasteiger partial charge >= 0.3 is 12.1 Å². The molecule has 1 aliphatic rings. The third-order valence-electron chi connectivity index (χ3n) is 5.97. The average Bonchev–Trinajstić information content (AvgIpc) is 2.77. The highest BCUT2D eigenvalue weighted by molar-refractivity contribution is 6.09. The number of alkyl halides is 3. The Morgan fingerprint density at radius 3 is 2.39 bits per heavy atom. The van der Waals surface area contributed by atoms with Crippen LogP contribution < -0.4 is 10.2 Å². The predicted octanol–water partition coefficient (Wildman–Crippen LogP) is 5.48. The molecule has 1 fully saturated rings. The summed E-state index contributed by atoms with van der Waals surface area (Å²) < 4.78 is 40.2. The van der Waals surface area contributed by atoms with E-state index in [9.17, 15) is 22.8 Å². The van der Waals surface area contributed by atoms with Crippen LogP contribution in [0.3, 0.4) is 0 Å². The number of hydrogen-bond donors (Lipinski definition) is 1. The number of anilines is 1. The van der Waals surface area contributed by atoms with Gasteiger partial charge in [-0.25, -0.2) is 0 Å². The van der Waals surface area contributed by atoms with Crippen molar-refractivity contribution in [2.75, 3.05) is 4.90 Å². The molecule has 0 aliphatic heterocycles. The third kappa shape index (κ3) is 5.75. The Bertz CT molecular complexity index is 1070. The first-order chi connectivity index (χ1) is 15.6. The van der Waals surface area contributed by atoms with Gasteiger partial charge in [0.2, 0.25) is 5.91 Å². The number of nitrogens with one attached hydrogen (secondary N) is 1. The van der Waals surface area contributed by atoms with Gasteiger partial charge in [-0.3, -0.25) is 14.5 Å². The zero-order valence-corrected chi connectivity index (χ0v) is 18.7. The normalized spacial score (nSPS) is 15.4. The van der Waals surface area contributed by atoms with Gasteiger partial charge in [-0.2, -0.15) is 13.2 Å². The van der Waals surface area contributed by atoms with E-state index in [4.69, 9.17) is 6.42 Å². The van der Waals surface area contributed by atoms with E-state index in [1.807, 2.05) is 18.9 Å². The molecule has 0 saturated heterocycles. The van der Waals surface area contributed by atoms with Gasteiger partial charge in [0.15, 0.2) is 0 Å². The SMILES string of the molecule is C#CC(=O)N(c1cccc(C(F)(F)F)c1)C(C(=O)NC1CCCCC1)c1ccc(C)cc1C. The van der Waals surface area contributed by atoms with Gasteiger partial charge in [0.05, 0.1) is 5.56 Å². The minimum absolute atomic E-state index is 0.0520. The molecule has 2 amide bonds. The van der Waals surface area contributed by atoms with Crippen LogP contribution in [-0.4, -0.2) is 17.9 Å². The molecule has 33 heavy (non-hydrogen) atoms. The van der Waals surface area contributed by atoms with Crippen LogP contribution >= 0.6 is 0 Å². The molecule has 3 rings (SSSR count). The van der Waals surface area contributed by atoms with E-state index in [1.54, 1.807) is 19.1 Å². The van der Waals surface area contributed by atoms with Crippen LogP contribution in [0.1, 0.15) is 60.4 Å². The number of terminal acetylenes is 1. The fraction of sp³-hybridized carbons (Fsp3) is 0.385. The van der Waals surface area contributed by atoms with Gasteiger partial charge < -0.3 is 5.32 Å². The molecule has 174 valence electrons. The van der Waals surface area contributed by atoms with Crippen molar-refractivity contribution in [3.8, 4) is 12.3 Å². The standard InChI is InChI=1S/C26H27F3N2O2/c1-4-23(32)31(21-12-8-9-19(16-21)26(27,28)29)24(22-14-13-17(2)15-18(22)3)25(33)30-20-10-6-5-7-11-20/h1,8-9,12-16,20,24H,5-7,10-11H2,2-3H3,(H,30,33). The summed E-state index contributed by atoms with van der Waals surface area (Å²) in [6.07, 6.45) is 5.49. The van der Waals surface area contributed by atoms with Crippen molar-refractivity contribution in [3.05, 3.63) is 64.7 Å². The number of nitrogens with zero attached hydrogens (tertiary/aromatic N) is 1. The first-order valence-corrected chi connectivity index (χ1v) is 11.0. The highest BCUT2D eigenvalue weighted by Crippen LogP contribution is 2.35. The maximum absolute atomic E-state index is 13.6. The van der Waals surface area contributed by atoms with E-state index in [-0.39, 0.29) is 11.7 Å². The van der Waals surface area contributed by atoms with E-state index in [2.05, 4.69) is 5.32 Å². The first kappa shape index (κ1) is 24.4. The molecule has 0 bridgehead atoms. The number of aryl methyl sites for hydroxylation is 2. The van der Waals surface area contributed by atoms with Crippen molar-refractivity contribution in [2.45, 2.75) is 64.2 Å². The zero-order chi connectivity index (χ0) is 24.2. The van der Waals surface area contributed by atoms with Crippen LogP contribution in [0.4, 0.5) is 18.9 Å². The lowest BCUT2D eigenvalue weighted by Gasteiger charge is -2.33. The van der Waals surface area contributed by atoms with Gasteiger partial charge in [0, 0.05) is 11.7 Å². The Kier molecular flexibility index (Phi) is 7.47. The second kappa shape index (κ2) is 10.1. The number of carbonyl (C=O) groups excluding carboxylic acids is 2. The van der Waals surface area contributed by atoms with Crippen molar-refractivity contribution in [1.29, 1.82) is 0 Å². The highest BCUT2D eigenvalue weighted by atomic mass is 19.4. The van der Waals surface area contributed by atoms with Crippen LogP contribution in [0.15, 0.2) is 42.5 Å². The van der Waals surface area contributed by atoms with Gasteiger partial charge in [-0.05, 0) is 61.9 Å². The summed E-state index contributed by atoms with van der Waals surface area (Å²) in [5.74, 6) is 0.633. The molecule has 1 aliphatic carbocycles. The Morgan fingerprint density at radius 1 is 1.09 bits per heavy atom. The van der Waals surface area contributed by atoms with Crippen molar-refractivity contribution in [1.82, 2.24) is 5.32 Å². The summed E-state index contributed by atoms with van der Waals surface area (Å²) >= 11 is 0. The molecule has 0 radical (unpaired) electrons. The highest BCUT2D eigenvalue weighted by Gasteiger charge is 2.36. The minimum atomic E-state index is -4.61. The maximum Gasteiger partial charge on any atom is 0.416 e. The Morgan fingerprint density at radius 2 is 1.79 bits per heavy atom. The number of hydrogen-bond acceptors (Lipinski definition) is 2. The number of amides is 2. The van der Waals surface area contributed by atoms with Gasteiger partial charge in [-0.15, -0.1) is 6.42 Å². The van der Waals surface area contributed by atoms with Gasteiger partial charge in [-0.1, -0.05) is 49.1 Å². The van der Waals surface area contributed by atoms with Crippen LogP contribution in [-0.2, 0) is 15.8 Å². The topological polar surface area (TPSA) is 49.4 Å². The number of halogens is 3. The van der Waals surface area contributed by atoms with E-state index >= 15 is 0 Å². The molecule has 0 heterocycles. The van der Waals surface area contributed by atoms with E-state index in [0.29, 0.717) is 5.56 Å². The summed E-state index contributed by atoms with van der Waals surface area (Å²) in [5.41, 5.74) is 1.19. The Balaban J connectivity index is 2.13. The van der Waals surface area contributed by atoms with E-state index in [1.165, 1.54) is 12.1 Å². The summed E-state index contributed by atoms with van der Waals surface area (Å²) in [6.45, 7) is 3.69. The molecule has 0 aromatic heterocycles. The number of carbonyl (C=O) groups is 2. The lowest BCUT2D eigenvalue weighted by atomic mass is 9.93. The quantitative estimate of drug-likeness (QED) is 0.606. The zero-order valence-electron chi connectivity index (χ0n) is 18.7. The minimum Gasteiger partial charge on any atom is -0.351 e. The molecular formula is C26H27F3N2O2. The molecule has 1 atom stereocenters. The monoisotopic (exact) mass is 456 g/mol. The van der Waals surface area contributed by atoms with Crippen LogP contribution in [0, 0.1) is 26.2 Å². The largest absolute Gasteiger partial charge is 0.416 e. The molecule has 1 N–H and O–H groups in total. The van der Waals surface area contributed by atoms with Gasteiger partial charge in [0.25, 0.3) is 0 Å². The molecule has 0 spiro atoms. The van der Waals surface area contributed by atoms with E-state index in [0.717, 1.165) is 60.3 Å². The van der Waals surface area contributed by atoms with Crippen LogP contribution in [0.5, 0.6) is 0 Å². The predicted molar refractivity (Wildman–Crippen MR) is 121 cm³/mol. The van der Waals surface area contributed by atoms with Gasteiger partial charge in [0.1, 0.15) is 6.04 Å². The van der Waals surface area contributed by atoms with Crippen LogP contribution in [0.25, 0.3) is 0 Å². The molecule has 7 heteroatoms. The lowest BCUT2D eigenvalue weighted by Crippen LogP contribution is -2.47. The molecule has 1 saturated carbocycles. The van der Waals surface area contributed by atoms with Crippen molar-refractivity contribution < 1.29 is 22.8 Å². The number of rotatable bonds is 5. The average molecular weight is 457 g/mol. The molecular weight excluding hydrogens is 429 g/mol. The molecule has 1 unspecified atom stereocenters. The first-order valence-electron chi connectivity index (χ1n) is 11.0.